The monoisotopic (exact) mass is 263 g/mol. The normalized spacial score (nSPS) is 8.00. The predicted molar refractivity (Wildman–Crippen MR) is 51.4 cm³/mol. The van der Waals surface area contributed by atoms with E-state index in [0.717, 1.165) is 5.69 Å². The van der Waals surface area contributed by atoms with Crippen LogP contribution in [0.25, 0.3) is 0 Å². The molecule has 0 bridgehead atoms. The zero-order valence-electron chi connectivity index (χ0n) is 7.79. The van der Waals surface area contributed by atoms with Crippen LogP contribution in [0.5, 0.6) is 0 Å². The molecule has 0 atom stereocenters. The molecule has 3 nitrogen and oxygen atoms in total. The molecular formula is C8H12BN3Ru. The Labute approximate surface area is 94.3 Å². The van der Waals surface area contributed by atoms with Crippen LogP contribution in [-0.2, 0) is 26.0 Å². The molecular weight excluding hydrogens is 250 g/mol. The molecule has 0 aliphatic carbocycles. The van der Waals surface area contributed by atoms with E-state index in [-0.39, 0.29) is 34.3 Å². The van der Waals surface area contributed by atoms with Crippen LogP contribution in [0.3, 0.4) is 0 Å². The molecule has 1 rings (SSSR count). The van der Waals surface area contributed by atoms with Gasteiger partial charge in [-0.25, -0.2) is 5.11 Å². The van der Waals surface area contributed by atoms with Crippen molar-refractivity contribution in [2.24, 2.45) is 10.1 Å². The quantitative estimate of drug-likeness (QED) is 0.456. The fraction of sp³-hybridized carbons (Fsp3) is 0.125. The van der Waals surface area contributed by atoms with E-state index in [1.165, 1.54) is 0 Å². The van der Waals surface area contributed by atoms with Gasteiger partial charge >= 0.3 is 19.5 Å². The third kappa shape index (κ3) is 7.79. The summed E-state index contributed by atoms with van der Waals surface area (Å²) in [4.78, 5) is 4.01. The fourth-order valence-corrected chi connectivity index (χ4v) is 0.605. The number of rotatable bonds is 2. The van der Waals surface area contributed by atoms with E-state index in [2.05, 4.69) is 15.1 Å². The standard InChI is InChI=1S/C6H6BN3.2CH3.Ru/c7-10-9-5-6-3-1-2-4-8-6;;;/h1-4H,5H2;2*1H3;/q;2*-1;+2. The molecule has 1 aromatic rings. The summed E-state index contributed by atoms with van der Waals surface area (Å²) in [6.07, 6.45) is 1.71. The van der Waals surface area contributed by atoms with E-state index in [1.54, 1.807) is 6.20 Å². The Kier molecular flexibility index (Phi) is 16.1. The van der Waals surface area contributed by atoms with E-state index in [4.69, 9.17) is 7.98 Å². The fourth-order valence-electron chi connectivity index (χ4n) is 0.605. The number of pyridine rings is 1. The minimum Gasteiger partial charge on any atom is -0.358 e. The third-order valence-corrected chi connectivity index (χ3v) is 1.04. The Hall–Kier alpha value is -0.562. The Bertz CT molecular complexity index is 216. The molecule has 0 saturated heterocycles. The summed E-state index contributed by atoms with van der Waals surface area (Å²) in [7, 11) is 4.81. The minimum absolute atomic E-state index is 0. The van der Waals surface area contributed by atoms with E-state index >= 15 is 0 Å². The number of hydrogen-bond acceptors (Lipinski definition) is 3. The van der Waals surface area contributed by atoms with Crippen molar-refractivity contribution < 1.29 is 19.5 Å². The maximum atomic E-state index is 4.81. The van der Waals surface area contributed by atoms with Crippen LogP contribution in [0.4, 0.5) is 0 Å². The van der Waals surface area contributed by atoms with Crippen LogP contribution in [0.2, 0.25) is 0 Å². The largest absolute Gasteiger partial charge is 2.00 e. The van der Waals surface area contributed by atoms with Gasteiger partial charge in [-0.3, -0.25) is 10.0 Å². The number of aromatic nitrogens is 1. The Morgan fingerprint density at radius 3 is 2.46 bits per heavy atom. The van der Waals surface area contributed by atoms with Crippen molar-refractivity contribution in [3.63, 3.8) is 0 Å². The molecule has 0 aromatic carbocycles. The van der Waals surface area contributed by atoms with Gasteiger partial charge in [-0.2, -0.15) is 0 Å². The van der Waals surface area contributed by atoms with Crippen LogP contribution in [-0.4, -0.2) is 13.0 Å². The molecule has 0 unspecified atom stereocenters. The van der Waals surface area contributed by atoms with Gasteiger partial charge in [-0.1, -0.05) is 6.07 Å². The van der Waals surface area contributed by atoms with Gasteiger partial charge in [-0.05, 0) is 12.1 Å². The second kappa shape index (κ2) is 11.4. The first-order chi connectivity index (χ1) is 4.93. The van der Waals surface area contributed by atoms with E-state index in [9.17, 15) is 0 Å². The first-order valence-corrected chi connectivity index (χ1v) is 2.90. The first kappa shape index (κ1) is 18.3. The van der Waals surface area contributed by atoms with Crippen LogP contribution >= 0.6 is 0 Å². The summed E-state index contributed by atoms with van der Waals surface area (Å²) < 4.78 is 0. The van der Waals surface area contributed by atoms with Gasteiger partial charge in [0.25, 0.3) is 7.98 Å². The SMILES string of the molecule is [B]N=NCc1ccccn1.[CH3-].[CH3-].[Ru+2]. The second-order valence-electron chi connectivity index (χ2n) is 1.74. The molecule has 1 aromatic heterocycles. The third-order valence-electron chi connectivity index (χ3n) is 1.04. The van der Waals surface area contributed by atoms with E-state index < -0.39 is 0 Å². The summed E-state index contributed by atoms with van der Waals surface area (Å²) in [5.41, 5.74) is 0.872. The molecule has 0 saturated carbocycles. The van der Waals surface area contributed by atoms with Crippen LogP contribution in [0.1, 0.15) is 5.69 Å². The molecule has 0 aliphatic heterocycles. The Balaban J connectivity index is -0.000000333. The minimum atomic E-state index is 0. The van der Waals surface area contributed by atoms with Crippen molar-refractivity contribution in [3.8, 4) is 0 Å². The van der Waals surface area contributed by atoms with Crippen molar-refractivity contribution in [1.82, 2.24) is 4.98 Å². The van der Waals surface area contributed by atoms with E-state index in [1.807, 2.05) is 18.2 Å². The van der Waals surface area contributed by atoms with Gasteiger partial charge in [0, 0.05) is 6.20 Å². The second-order valence-corrected chi connectivity index (χ2v) is 1.74. The predicted octanol–water partition coefficient (Wildman–Crippen LogP) is 2.02. The molecule has 0 aliphatic rings. The van der Waals surface area contributed by atoms with Crippen LogP contribution < -0.4 is 0 Å². The molecule has 0 fully saturated rings. The summed E-state index contributed by atoms with van der Waals surface area (Å²) in [5.74, 6) is 0. The van der Waals surface area contributed by atoms with Crippen molar-refractivity contribution in [3.05, 3.63) is 44.9 Å². The molecule has 70 valence electrons. The van der Waals surface area contributed by atoms with Crippen LogP contribution in [0, 0.1) is 14.9 Å². The van der Waals surface area contributed by atoms with Gasteiger partial charge in [-0.15, -0.1) is 0 Å². The van der Waals surface area contributed by atoms with Gasteiger partial charge in [0.2, 0.25) is 0 Å². The Morgan fingerprint density at radius 2 is 2.00 bits per heavy atom. The van der Waals surface area contributed by atoms with Crippen molar-refractivity contribution in [1.29, 1.82) is 0 Å². The molecule has 1 heterocycles. The average Bonchev–Trinajstić information content (AvgIpc) is 2.03. The number of hydrogen-bond donors (Lipinski definition) is 0. The molecule has 2 radical (unpaired) electrons. The maximum Gasteiger partial charge on any atom is 2.00 e. The van der Waals surface area contributed by atoms with Crippen molar-refractivity contribution >= 4 is 7.98 Å². The summed E-state index contributed by atoms with van der Waals surface area (Å²) in [6, 6.07) is 5.62. The molecule has 5 heteroatoms. The molecule has 13 heavy (non-hydrogen) atoms. The van der Waals surface area contributed by atoms with E-state index in [0.29, 0.717) is 6.54 Å². The summed E-state index contributed by atoms with van der Waals surface area (Å²) in [5, 5.41) is 6.70. The molecule has 0 N–H and O–H groups in total. The van der Waals surface area contributed by atoms with Gasteiger partial charge < -0.3 is 14.9 Å². The molecule has 0 spiro atoms. The van der Waals surface area contributed by atoms with Gasteiger partial charge in [0.1, 0.15) is 6.54 Å². The zero-order valence-corrected chi connectivity index (χ0v) is 9.53. The van der Waals surface area contributed by atoms with Gasteiger partial charge in [0.15, 0.2) is 0 Å². The average molecular weight is 262 g/mol. The summed E-state index contributed by atoms with van der Waals surface area (Å²) >= 11 is 0. The summed E-state index contributed by atoms with van der Waals surface area (Å²) in [6.45, 7) is 0.456. The molecule has 0 amide bonds. The van der Waals surface area contributed by atoms with Gasteiger partial charge in [0.05, 0.1) is 5.69 Å². The van der Waals surface area contributed by atoms with Crippen LogP contribution in [0.15, 0.2) is 34.5 Å². The maximum absolute atomic E-state index is 4.81. The zero-order chi connectivity index (χ0) is 7.23. The smallest absolute Gasteiger partial charge is 0.358 e. The number of nitrogens with zero attached hydrogens (tertiary/aromatic N) is 3. The van der Waals surface area contributed by atoms with Crippen molar-refractivity contribution in [2.75, 3.05) is 0 Å². The van der Waals surface area contributed by atoms with Crippen molar-refractivity contribution in [2.45, 2.75) is 6.54 Å². The Morgan fingerprint density at radius 1 is 1.31 bits per heavy atom. The topological polar surface area (TPSA) is 37.6 Å². The first-order valence-electron chi connectivity index (χ1n) is 2.90.